The molecule has 25 heavy (non-hydrogen) atoms. The van der Waals surface area contributed by atoms with Gasteiger partial charge in [0.25, 0.3) is 0 Å². The molecule has 0 spiro atoms. The first-order valence-corrected chi connectivity index (χ1v) is 9.05. The number of carbonyl (C=O) groups is 1. The van der Waals surface area contributed by atoms with Crippen molar-refractivity contribution in [2.24, 2.45) is 5.92 Å². The number of nitrogens with zero attached hydrogens (tertiary/aromatic N) is 4. The van der Waals surface area contributed by atoms with Gasteiger partial charge < -0.3 is 9.42 Å². The normalized spacial score (nSPS) is 23.7. The smallest absolute Gasteiger partial charge is 0.241 e. The highest BCUT2D eigenvalue weighted by molar-refractivity contribution is 6.33. The zero-order valence-electron chi connectivity index (χ0n) is 14.2. The van der Waals surface area contributed by atoms with E-state index in [1.165, 1.54) is 6.42 Å². The van der Waals surface area contributed by atoms with E-state index < -0.39 is 0 Å². The molecule has 2 atom stereocenters. The number of carbonyl (C=O) groups excluding carboxylic acids is 1. The Bertz CT molecular complexity index is 778. The third-order valence-corrected chi connectivity index (χ3v) is 5.52. The highest BCUT2D eigenvalue weighted by Crippen LogP contribution is 2.30. The van der Waals surface area contributed by atoms with E-state index in [9.17, 15) is 4.79 Å². The van der Waals surface area contributed by atoms with E-state index in [4.69, 9.17) is 16.1 Å². The van der Waals surface area contributed by atoms with Gasteiger partial charge in [0.15, 0.2) is 0 Å². The van der Waals surface area contributed by atoms with Gasteiger partial charge in [-0.2, -0.15) is 4.98 Å². The fourth-order valence-corrected chi connectivity index (χ4v) is 4.09. The minimum absolute atomic E-state index is 0.164. The largest absolute Gasteiger partial charge is 0.341 e. The molecule has 3 aliphatic heterocycles. The maximum absolute atomic E-state index is 11.8. The number of halogens is 1. The number of piperidine rings is 1. The molecule has 0 unspecified atom stereocenters. The molecule has 1 aromatic carbocycles. The minimum atomic E-state index is 0.164. The van der Waals surface area contributed by atoms with E-state index >= 15 is 0 Å². The Kier molecular flexibility index (Phi) is 4.48. The molecule has 4 heterocycles. The number of rotatable bonds is 3. The lowest BCUT2D eigenvalue weighted by Crippen LogP contribution is -2.43. The average molecular weight is 361 g/mol. The van der Waals surface area contributed by atoms with Crippen LogP contribution in [0.1, 0.15) is 25.7 Å². The molecular formula is C18H21ClN4O2. The van der Waals surface area contributed by atoms with Crippen LogP contribution in [0.5, 0.6) is 0 Å². The lowest BCUT2D eigenvalue weighted by molar-refractivity contribution is -0.129. The quantitative estimate of drug-likeness (QED) is 0.842. The standard InChI is InChI=1S/C18H21ClN4O2/c1-12(24)22-8-13-6-7-14(10-22)23(9-13)11-17-20-18(21-25-17)15-4-2-3-5-16(15)19/h2-5,13-14H,6-11H2,1H3/t13-,14+/m1/s1. The van der Waals surface area contributed by atoms with Gasteiger partial charge >= 0.3 is 0 Å². The third kappa shape index (κ3) is 3.41. The van der Waals surface area contributed by atoms with Crippen LogP contribution >= 0.6 is 11.6 Å². The molecule has 0 aliphatic carbocycles. The van der Waals surface area contributed by atoms with Crippen LogP contribution in [0.25, 0.3) is 11.4 Å². The summed E-state index contributed by atoms with van der Waals surface area (Å²) in [7, 11) is 0. The lowest BCUT2D eigenvalue weighted by atomic mass is 9.95. The zero-order valence-corrected chi connectivity index (χ0v) is 14.9. The summed E-state index contributed by atoms with van der Waals surface area (Å²) in [5.74, 6) is 1.80. The fraction of sp³-hybridized carbons (Fsp3) is 0.500. The van der Waals surface area contributed by atoms with Crippen molar-refractivity contribution >= 4 is 17.5 Å². The number of hydrogen-bond acceptors (Lipinski definition) is 5. The van der Waals surface area contributed by atoms with Gasteiger partial charge in [-0.25, -0.2) is 0 Å². The highest BCUT2D eigenvalue weighted by Gasteiger charge is 2.36. The molecule has 0 N–H and O–H groups in total. The van der Waals surface area contributed by atoms with Crippen LogP contribution in [0.15, 0.2) is 28.8 Å². The van der Waals surface area contributed by atoms with Crippen molar-refractivity contribution in [3.63, 3.8) is 0 Å². The minimum Gasteiger partial charge on any atom is -0.341 e. The van der Waals surface area contributed by atoms with Gasteiger partial charge in [-0.15, -0.1) is 0 Å². The molecule has 1 aromatic heterocycles. The topological polar surface area (TPSA) is 62.5 Å². The summed E-state index contributed by atoms with van der Waals surface area (Å²) in [6.07, 6.45) is 2.29. The molecular weight excluding hydrogens is 340 g/mol. The zero-order chi connectivity index (χ0) is 17.4. The summed E-state index contributed by atoms with van der Waals surface area (Å²) in [6, 6.07) is 7.84. The first-order valence-electron chi connectivity index (χ1n) is 8.67. The van der Waals surface area contributed by atoms with Gasteiger partial charge in [0.05, 0.1) is 11.6 Å². The second kappa shape index (κ2) is 6.77. The SMILES string of the molecule is CC(=O)N1C[C@H]2CC[C@@H](C1)N(Cc1nc(-c3ccccc3Cl)no1)C2. The Balaban J connectivity index is 1.50. The van der Waals surface area contributed by atoms with Crippen molar-refractivity contribution in [1.82, 2.24) is 19.9 Å². The van der Waals surface area contributed by atoms with Crippen molar-refractivity contribution in [2.75, 3.05) is 19.6 Å². The van der Waals surface area contributed by atoms with Crippen LogP contribution in [0.4, 0.5) is 0 Å². The summed E-state index contributed by atoms with van der Waals surface area (Å²) in [4.78, 5) is 20.7. The third-order valence-electron chi connectivity index (χ3n) is 5.19. The summed E-state index contributed by atoms with van der Waals surface area (Å²) in [5.41, 5.74) is 0.777. The average Bonchev–Trinajstić information content (AvgIpc) is 2.85. The predicted molar refractivity (Wildman–Crippen MR) is 93.9 cm³/mol. The van der Waals surface area contributed by atoms with Crippen LogP contribution in [0.2, 0.25) is 5.02 Å². The van der Waals surface area contributed by atoms with Gasteiger partial charge in [0, 0.05) is 38.2 Å². The Morgan fingerprint density at radius 3 is 2.92 bits per heavy atom. The lowest BCUT2D eigenvalue weighted by Gasteiger charge is -2.34. The van der Waals surface area contributed by atoms with Crippen LogP contribution < -0.4 is 0 Å². The molecule has 2 bridgehead atoms. The Morgan fingerprint density at radius 2 is 2.12 bits per heavy atom. The van der Waals surface area contributed by atoms with E-state index in [1.807, 2.05) is 29.2 Å². The number of fused-ring (bicyclic) bond motifs is 4. The van der Waals surface area contributed by atoms with Gasteiger partial charge in [0.2, 0.25) is 17.6 Å². The van der Waals surface area contributed by atoms with E-state index in [2.05, 4.69) is 15.0 Å². The van der Waals surface area contributed by atoms with Crippen LogP contribution in [-0.4, -0.2) is 51.5 Å². The second-order valence-electron chi connectivity index (χ2n) is 6.94. The Hall–Kier alpha value is -1.92. The Morgan fingerprint density at radius 1 is 1.28 bits per heavy atom. The summed E-state index contributed by atoms with van der Waals surface area (Å²) in [5, 5.41) is 4.69. The van der Waals surface area contributed by atoms with Gasteiger partial charge in [-0.05, 0) is 30.9 Å². The van der Waals surface area contributed by atoms with Crippen molar-refractivity contribution in [3.8, 4) is 11.4 Å². The number of amides is 1. The molecule has 2 aromatic rings. The molecule has 7 heteroatoms. The number of aromatic nitrogens is 2. The van der Waals surface area contributed by atoms with Gasteiger partial charge in [-0.3, -0.25) is 9.69 Å². The Labute approximate surface area is 151 Å². The maximum atomic E-state index is 11.8. The number of benzene rings is 1. The molecule has 5 rings (SSSR count). The van der Waals surface area contributed by atoms with E-state index in [0.29, 0.717) is 35.2 Å². The van der Waals surface area contributed by atoms with Crippen molar-refractivity contribution < 1.29 is 9.32 Å². The molecule has 132 valence electrons. The molecule has 3 fully saturated rings. The molecule has 0 saturated carbocycles. The molecule has 3 saturated heterocycles. The molecule has 0 radical (unpaired) electrons. The van der Waals surface area contributed by atoms with Gasteiger partial charge in [0.1, 0.15) is 0 Å². The van der Waals surface area contributed by atoms with E-state index in [1.54, 1.807) is 6.92 Å². The summed E-state index contributed by atoms with van der Waals surface area (Å²) >= 11 is 6.21. The molecule has 6 nitrogen and oxygen atoms in total. The van der Waals surface area contributed by atoms with Crippen molar-refractivity contribution in [3.05, 3.63) is 35.2 Å². The maximum Gasteiger partial charge on any atom is 0.241 e. The summed E-state index contributed by atoms with van der Waals surface area (Å²) < 4.78 is 5.46. The highest BCUT2D eigenvalue weighted by atomic mass is 35.5. The second-order valence-corrected chi connectivity index (χ2v) is 7.35. The fourth-order valence-electron chi connectivity index (χ4n) is 3.87. The van der Waals surface area contributed by atoms with Crippen LogP contribution in [-0.2, 0) is 11.3 Å². The van der Waals surface area contributed by atoms with Crippen LogP contribution in [0, 0.1) is 5.92 Å². The molecule has 3 aliphatic rings. The first kappa shape index (κ1) is 16.5. The van der Waals surface area contributed by atoms with Crippen molar-refractivity contribution in [2.45, 2.75) is 32.4 Å². The van der Waals surface area contributed by atoms with E-state index in [0.717, 1.165) is 31.6 Å². The predicted octanol–water partition coefficient (Wildman–Crippen LogP) is 2.83. The monoisotopic (exact) mass is 360 g/mol. The van der Waals surface area contributed by atoms with E-state index in [-0.39, 0.29) is 5.91 Å². The number of hydrogen-bond donors (Lipinski definition) is 0. The first-order chi connectivity index (χ1) is 12.1. The van der Waals surface area contributed by atoms with Crippen LogP contribution in [0.3, 0.4) is 0 Å². The van der Waals surface area contributed by atoms with Gasteiger partial charge in [-0.1, -0.05) is 28.9 Å². The summed E-state index contributed by atoms with van der Waals surface area (Å²) in [6.45, 7) is 4.89. The van der Waals surface area contributed by atoms with Crippen molar-refractivity contribution in [1.29, 1.82) is 0 Å². The molecule has 1 amide bonds.